The zero-order chi connectivity index (χ0) is 13.0. The topological polar surface area (TPSA) is 40.5 Å². The molecule has 1 aliphatic rings. The SMILES string of the molecule is CC(=O)C1CCN(CC(O)c2ccccc2)CC1. The molecule has 1 aromatic carbocycles. The number of aliphatic hydroxyl groups is 1. The Labute approximate surface area is 108 Å². The molecule has 0 aromatic heterocycles. The number of Topliss-reactive ketones (excluding diaryl/α,β-unsaturated/α-hetero) is 1. The normalized spacial score (nSPS) is 19.7. The second-order valence-corrected chi connectivity index (χ2v) is 5.11. The van der Waals surface area contributed by atoms with E-state index in [9.17, 15) is 9.90 Å². The summed E-state index contributed by atoms with van der Waals surface area (Å²) in [6.07, 6.45) is 1.42. The molecule has 0 amide bonds. The van der Waals surface area contributed by atoms with Crippen molar-refractivity contribution in [2.24, 2.45) is 5.92 Å². The largest absolute Gasteiger partial charge is 0.387 e. The number of carbonyl (C=O) groups is 1. The zero-order valence-electron chi connectivity index (χ0n) is 10.9. The van der Waals surface area contributed by atoms with Crippen LogP contribution in [-0.2, 0) is 4.79 Å². The van der Waals surface area contributed by atoms with Crippen molar-refractivity contribution >= 4 is 5.78 Å². The minimum atomic E-state index is -0.430. The Hall–Kier alpha value is -1.19. The third-order valence-electron chi connectivity index (χ3n) is 3.78. The van der Waals surface area contributed by atoms with E-state index in [1.165, 1.54) is 0 Å². The molecule has 1 atom stereocenters. The molecule has 1 fully saturated rings. The maximum atomic E-state index is 11.3. The van der Waals surface area contributed by atoms with Crippen LogP contribution < -0.4 is 0 Å². The predicted molar refractivity (Wildman–Crippen MR) is 71.2 cm³/mol. The summed E-state index contributed by atoms with van der Waals surface area (Å²) in [5.41, 5.74) is 0.964. The van der Waals surface area contributed by atoms with Gasteiger partial charge < -0.3 is 10.0 Å². The highest BCUT2D eigenvalue weighted by atomic mass is 16.3. The highest BCUT2D eigenvalue weighted by Crippen LogP contribution is 2.21. The first-order valence-corrected chi connectivity index (χ1v) is 6.62. The molecule has 98 valence electrons. The minimum absolute atomic E-state index is 0.232. The van der Waals surface area contributed by atoms with Gasteiger partial charge in [0.25, 0.3) is 0 Å². The number of β-amino-alcohol motifs (C(OH)–C–C–N with tert-alkyl or cyclic N) is 1. The summed E-state index contributed by atoms with van der Waals surface area (Å²) in [5.74, 6) is 0.536. The third-order valence-corrected chi connectivity index (χ3v) is 3.78. The Kier molecular flexibility index (Phi) is 4.50. The van der Waals surface area contributed by atoms with Crippen molar-refractivity contribution in [2.45, 2.75) is 25.9 Å². The van der Waals surface area contributed by atoms with E-state index in [0.29, 0.717) is 12.3 Å². The van der Waals surface area contributed by atoms with Crippen LogP contribution >= 0.6 is 0 Å². The molecule has 1 aliphatic heterocycles. The lowest BCUT2D eigenvalue weighted by molar-refractivity contribution is -0.122. The molecule has 1 N–H and O–H groups in total. The molecule has 0 saturated carbocycles. The van der Waals surface area contributed by atoms with E-state index in [4.69, 9.17) is 0 Å². The number of hydrogen-bond acceptors (Lipinski definition) is 3. The van der Waals surface area contributed by atoms with Crippen molar-refractivity contribution in [1.29, 1.82) is 0 Å². The monoisotopic (exact) mass is 247 g/mol. The fraction of sp³-hybridized carbons (Fsp3) is 0.533. The van der Waals surface area contributed by atoms with Gasteiger partial charge in [0.2, 0.25) is 0 Å². The minimum Gasteiger partial charge on any atom is -0.387 e. The highest BCUT2D eigenvalue weighted by molar-refractivity contribution is 5.78. The van der Waals surface area contributed by atoms with Gasteiger partial charge in [-0.1, -0.05) is 30.3 Å². The smallest absolute Gasteiger partial charge is 0.133 e. The van der Waals surface area contributed by atoms with Crippen molar-refractivity contribution in [3.05, 3.63) is 35.9 Å². The van der Waals surface area contributed by atoms with E-state index in [-0.39, 0.29) is 5.92 Å². The summed E-state index contributed by atoms with van der Waals surface area (Å²) in [7, 11) is 0. The fourth-order valence-corrected chi connectivity index (χ4v) is 2.55. The molecular formula is C15H21NO2. The standard InChI is InChI=1S/C15H21NO2/c1-12(17)13-7-9-16(10-8-13)11-15(18)14-5-3-2-4-6-14/h2-6,13,15,18H,7-11H2,1H3. The summed E-state index contributed by atoms with van der Waals surface area (Å²) < 4.78 is 0. The number of piperidine rings is 1. The van der Waals surface area contributed by atoms with E-state index < -0.39 is 6.10 Å². The summed E-state index contributed by atoms with van der Waals surface area (Å²) in [6, 6.07) is 9.75. The van der Waals surface area contributed by atoms with Crippen molar-refractivity contribution in [3.63, 3.8) is 0 Å². The summed E-state index contributed by atoms with van der Waals surface area (Å²) >= 11 is 0. The first-order valence-electron chi connectivity index (χ1n) is 6.62. The molecule has 1 unspecified atom stereocenters. The van der Waals surface area contributed by atoms with E-state index in [2.05, 4.69) is 4.90 Å². The molecular weight excluding hydrogens is 226 g/mol. The summed E-state index contributed by atoms with van der Waals surface area (Å²) in [5, 5.41) is 10.1. The van der Waals surface area contributed by atoms with Gasteiger partial charge in [0.05, 0.1) is 6.10 Å². The van der Waals surface area contributed by atoms with Gasteiger partial charge >= 0.3 is 0 Å². The Bertz CT molecular complexity index is 383. The van der Waals surface area contributed by atoms with Gasteiger partial charge in [0.1, 0.15) is 5.78 Å². The quantitative estimate of drug-likeness (QED) is 0.885. The van der Waals surface area contributed by atoms with Crippen LogP contribution in [0.2, 0.25) is 0 Å². The number of nitrogens with zero attached hydrogens (tertiary/aromatic N) is 1. The predicted octanol–water partition coefficient (Wildman–Crippen LogP) is 2.02. The van der Waals surface area contributed by atoms with Crippen LogP contribution in [0.25, 0.3) is 0 Å². The van der Waals surface area contributed by atoms with E-state index in [1.807, 2.05) is 30.3 Å². The van der Waals surface area contributed by atoms with Gasteiger partial charge in [0.15, 0.2) is 0 Å². The maximum absolute atomic E-state index is 11.3. The number of ketones is 1. The third kappa shape index (κ3) is 3.40. The lowest BCUT2D eigenvalue weighted by Gasteiger charge is -2.32. The molecule has 0 radical (unpaired) electrons. The number of rotatable bonds is 4. The van der Waals surface area contributed by atoms with Crippen LogP contribution in [0.4, 0.5) is 0 Å². The number of carbonyl (C=O) groups excluding carboxylic acids is 1. The van der Waals surface area contributed by atoms with E-state index in [1.54, 1.807) is 6.92 Å². The Morgan fingerprint density at radius 3 is 2.50 bits per heavy atom. The van der Waals surface area contributed by atoms with Crippen molar-refractivity contribution in [3.8, 4) is 0 Å². The number of aliphatic hydroxyl groups excluding tert-OH is 1. The molecule has 0 spiro atoms. The van der Waals surface area contributed by atoms with Crippen molar-refractivity contribution in [2.75, 3.05) is 19.6 Å². The van der Waals surface area contributed by atoms with Gasteiger partial charge in [0, 0.05) is 12.5 Å². The second kappa shape index (κ2) is 6.12. The molecule has 0 aliphatic carbocycles. The molecule has 2 rings (SSSR count). The van der Waals surface area contributed by atoms with Crippen LogP contribution in [-0.4, -0.2) is 35.4 Å². The Morgan fingerprint density at radius 2 is 1.94 bits per heavy atom. The summed E-state index contributed by atoms with van der Waals surface area (Å²) in [4.78, 5) is 13.5. The van der Waals surface area contributed by atoms with Gasteiger partial charge in [-0.2, -0.15) is 0 Å². The Morgan fingerprint density at radius 1 is 1.33 bits per heavy atom. The van der Waals surface area contributed by atoms with Crippen LogP contribution in [0.1, 0.15) is 31.4 Å². The van der Waals surface area contributed by atoms with Gasteiger partial charge in [-0.05, 0) is 38.4 Å². The lowest BCUT2D eigenvalue weighted by atomic mass is 9.93. The van der Waals surface area contributed by atoms with Gasteiger partial charge in [-0.3, -0.25) is 4.79 Å². The number of benzene rings is 1. The van der Waals surface area contributed by atoms with E-state index >= 15 is 0 Å². The number of likely N-dealkylation sites (tertiary alicyclic amines) is 1. The molecule has 1 saturated heterocycles. The molecule has 3 heteroatoms. The molecule has 0 bridgehead atoms. The van der Waals surface area contributed by atoms with Crippen LogP contribution in [0.15, 0.2) is 30.3 Å². The maximum Gasteiger partial charge on any atom is 0.133 e. The zero-order valence-corrected chi connectivity index (χ0v) is 10.9. The first kappa shape index (κ1) is 13.2. The second-order valence-electron chi connectivity index (χ2n) is 5.11. The van der Waals surface area contributed by atoms with E-state index in [0.717, 1.165) is 31.5 Å². The molecule has 1 aromatic rings. The van der Waals surface area contributed by atoms with Gasteiger partial charge in [-0.25, -0.2) is 0 Å². The molecule has 3 nitrogen and oxygen atoms in total. The average molecular weight is 247 g/mol. The highest BCUT2D eigenvalue weighted by Gasteiger charge is 2.23. The van der Waals surface area contributed by atoms with Crippen molar-refractivity contribution in [1.82, 2.24) is 4.90 Å². The average Bonchev–Trinajstić information content (AvgIpc) is 2.40. The van der Waals surface area contributed by atoms with Crippen LogP contribution in [0.3, 0.4) is 0 Å². The fourth-order valence-electron chi connectivity index (χ4n) is 2.55. The summed E-state index contributed by atoms with van der Waals surface area (Å²) in [6.45, 7) is 4.16. The van der Waals surface area contributed by atoms with Crippen molar-refractivity contribution < 1.29 is 9.90 Å². The van der Waals surface area contributed by atoms with Crippen LogP contribution in [0.5, 0.6) is 0 Å². The Balaban J connectivity index is 1.83. The lowest BCUT2D eigenvalue weighted by Crippen LogP contribution is -2.38. The first-order chi connectivity index (χ1) is 8.66. The number of hydrogen-bond donors (Lipinski definition) is 1. The van der Waals surface area contributed by atoms with Crippen LogP contribution in [0, 0.1) is 5.92 Å². The molecule has 18 heavy (non-hydrogen) atoms. The molecule has 1 heterocycles. The van der Waals surface area contributed by atoms with Gasteiger partial charge in [-0.15, -0.1) is 0 Å².